The fourth-order valence-corrected chi connectivity index (χ4v) is 4.97. The van der Waals surface area contributed by atoms with Crippen molar-refractivity contribution in [1.29, 1.82) is 5.26 Å². The minimum atomic E-state index is -0.519. The Labute approximate surface area is 200 Å². The van der Waals surface area contributed by atoms with Crippen molar-refractivity contribution in [3.8, 4) is 6.07 Å². The van der Waals surface area contributed by atoms with Gasteiger partial charge in [-0.15, -0.1) is 0 Å². The molecule has 0 aromatic heterocycles. The Morgan fingerprint density at radius 3 is 2.52 bits per heavy atom. The van der Waals surface area contributed by atoms with Gasteiger partial charge in [0, 0.05) is 25.1 Å². The molecule has 1 heterocycles. The van der Waals surface area contributed by atoms with Crippen LogP contribution in [-0.4, -0.2) is 23.9 Å². The number of carbonyl (C=O) groups is 1. The molecule has 1 saturated carbocycles. The van der Waals surface area contributed by atoms with Crippen LogP contribution in [0.3, 0.4) is 0 Å². The fourth-order valence-electron chi connectivity index (χ4n) is 4.73. The fraction of sp³-hybridized carbons (Fsp3) is 0.481. The van der Waals surface area contributed by atoms with Crippen molar-refractivity contribution in [2.45, 2.75) is 58.3 Å². The molecule has 1 amide bonds. The summed E-state index contributed by atoms with van der Waals surface area (Å²) in [5, 5.41) is 9.46. The van der Waals surface area contributed by atoms with Gasteiger partial charge >= 0.3 is 0 Å². The number of likely N-dealkylation sites (tertiary alicyclic amines) is 1. The molecule has 1 aliphatic carbocycles. The minimum Gasteiger partial charge on any atom is -0.342 e. The minimum absolute atomic E-state index is 0.270. The summed E-state index contributed by atoms with van der Waals surface area (Å²) in [4.78, 5) is 14.7. The first-order valence-corrected chi connectivity index (χ1v) is 12.2. The maximum absolute atomic E-state index is 12.6. The van der Waals surface area contributed by atoms with Crippen LogP contribution in [0.4, 0.5) is 8.78 Å². The van der Waals surface area contributed by atoms with Crippen LogP contribution in [0.1, 0.15) is 62.1 Å². The molecule has 3 nitrogen and oxygen atoms in total. The van der Waals surface area contributed by atoms with Crippen LogP contribution in [0.15, 0.2) is 36.4 Å². The molecule has 1 atom stereocenters. The molecule has 0 N–H and O–H groups in total. The Hall–Kier alpha value is -2.45. The zero-order valence-electron chi connectivity index (χ0n) is 19.1. The Morgan fingerprint density at radius 1 is 1.12 bits per heavy atom. The highest BCUT2D eigenvalue weighted by atomic mass is 35.5. The van der Waals surface area contributed by atoms with E-state index < -0.39 is 11.6 Å². The number of rotatable bonds is 4. The summed E-state index contributed by atoms with van der Waals surface area (Å²) in [5.41, 5.74) is 2.24. The van der Waals surface area contributed by atoms with E-state index in [0.717, 1.165) is 50.4 Å². The molecule has 1 unspecified atom stereocenters. The molecule has 2 aliphatic rings. The van der Waals surface area contributed by atoms with Gasteiger partial charge in [0.15, 0.2) is 0 Å². The van der Waals surface area contributed by atoms with Gasteiger partial charge in [-0.3, -0.25) is 4.79 Å². The highest BCUT2D eigenvalue weighted by Crippen LogP contribution is 2.29. The summed E-state index contributed by atoms with van der Waals surface area (Å²) < 4.78 is 24.9. The van der Waals surface area contributed by atoms with Crippen LogP contribution in [0.2, 0.25) is 5.02 Å². The molecule has 1 aliphatic heterocycles. The number of carbonyl (C=O) groups excluding carboxylic acids is 1. The van der Waals surface area contributed by atoms with Crippen molar-refractivity contribution in [2.75, 3.05) is 13.1 Å². The van der Waals surface area contributed by atoms with E-state index in [1.807, 2.05) is 19.1 Å². The molecule has 0 radical (unpaired) electrons. The van der Waals surface area contributed by atoms with Gasteiger partial charge in [-0.2, -0.15) is 5.26 Å². The van der Waals surface area contributed by atoms with E-state index in [9.17, 15) is 13.6 Å². The average Bonchev–Trinajstić information content (AvgIpc) is 3.28. The van der Waals surface area contributed by atoms with Crippen molar-refractivity contribution in [2.24, 2.45) is 11.8 Å². The van der Waals surface area contributed by atoms with Gasteiger partial charge in [0.05, 0.1) is 10.6 Å². The molecule has 2 aromatic carbocycles. The molecule has 0 bridgehead atoms. The standard InChI is InChI=1S/C19H23ClN2O.C8H8F2/c20-18-11-14(6-7-17(18)12-21)10-15-8-9-22(13-15)19(23)16-4-2-1-3-5-16;1-2-6-3-4-7(9)5-8(6)10/h6-7,11,15-16H,1-5,8-10,13H2;3-5H,2H2,1H3. The van der Waals surface area contributed by atoms with Crippen LogP contribution in [0.5, 0.6) is 0 Å². The van der Waals surface area contributed by atoms with Crippen molar-refractivity contribution >= 4 is 17.5 Å². The van der Waals surface area contributed by atoms with Crippen LogP contribution in [0, 0.1) is 34.8 Å². The predicted molar refractivity (Wildman–Crippen MR) is 127 cm³/mol. The third-order valence-corrected chi connectivity index (χ3v) is 6.94. The number of nitriles is 1. The van der Waals surface area contributed by atoms with E-state index in [1.165, 1.54) is 31.4 Å². The summed E-state index contributed by atoms with van der Waals surface area (Å²) >= 11 is 6.11. The van der Waals surface area contributed by atoms with Crippen molar-refractivity contribution in [3.05, 3.63) is 69.7 Å². The normalized spacial score (nSPS) is 18.4. The quantitative estimate of drug-likeness (QED) is 0.496. The number of aryl methyl sites for hydroxylation is 1. The highest BCUT2D eigenvalue weighted by Gasteiger charge is 2.31. The molecule has 1 saturated heterocycles. The van der Waals surface area contributed by atoms with E-state index in [4.69, 9.17) is 16.9 Å². The number of nitrogens with zero attached hydrogens (tertiary/aromatic N) is 2. The van der Waals surface area contributed by atoms with Gasteiger partial charge in [-0.1, -0.05) is 49.9 Å². The second kappa shape index (κ2) is 12.1. The van der Waals surface area contributed by atoms with E-state index in [-0.39, 0.29) is 5.92 Å². The van der Waals surface area contributed by atoms with E-state index >= 15 is 0 Å². The lowest BCUT2D eigenvalue weighted by molar-refractivity contribution is -0.135. The lowest BCUT2D eigenvalue weighted by Crippen LogP contribution is -2.35. The number of hydrogen-bond donors (Lipinski definition) is 0. The molecule has 0 spiro atoms. The average molecular weight is 473 g/mol. The first kappa shape index (κ1) is 25.2. The third kappa shape index (κ3) is 7.01. The van der Waals surface area contributed by atoms with E-state index in [0.29, 0.717) is 34.4 Å². The summed E-state index contributed by atoms with van der Waals surface area (Å²) in [7, 11) is 0. The largest absolute Gasteiger partial charge is 0.342 e. The molecule has 4 rings (SSSR count). The first-order chi connectivity index (χ1) is 15.9. The smallest absolute Gasteiger partial charge is 0.225 e. The van der Waals surface area contributed by atoms with Gasteiger partial charge in [0.2, 0.25) is 5.91 Å². The Balaban J connectivity index is 0.000000257. The van der Waals surface area contributed by atoms with Crippen LogP contribution >= 0.6 is 11.6 Å². The molecule has 6 heteroatoms. The molecule has 2 fully saturated rings. The summed E-state index contributed by atoms with van der Waals surface area (Å²) in [6.45, 7) is 3.59. The van der Waals surface area contributed by atoms with Gasteiger partial charge in [0.1, 0.15) is 17.7 Å². The van der Waals surface area contributed by atoms with Gasteiger partial charge in [0.25, 0.3) is 0 Å². The number of hydrogen-bond acceptors (Lipinski definition) is 2. The first-order valence-electron chi connectivity index (χ1n) is 11.8. The summed E-state index contributed by atoms with van der Waals surface area (Å²) in [6.07, 6.45) is 8.44. The zero-order chi connectivity index (χ0) is 23.8. The lowest BCUT2D eigenvalue weighted by Gasteiger charge is -2.26. The highest BCUT2D eigenvalue weighted by molar-refractivity contribution is 6.31. The van der Waals surface area contributed by atoms with Crippen molar-refractivity contribution in [3.63, 3.8) is 0 Å². The maximum atomic E-state index is 12.6. The van der Waals surface area contributed by atoms with Gasteiger partial charge in [-0.05, 0) is 67.3 Å². The number of benzene rings is 2. The van der Waals surface area contributed by atoms with Crippen LogP contribution in [0.25, 0.3) is 0 Å². The number of halogens is 3. The third-order valence-electron chi connectivity index (χ3n) is 6.63. The monoisotopic (exact) mass is 472 g/mol. The Bertz CT molecular complexity index is 998. The molecular formula is C27H31ClF2N2O. The Morgan fingerprint density at radius 2 is 1.88 bits per heavy atom. The molecule has 33 heavy (non-hydrogen) atoms. The SMILES string of the molecule is CCc1ccc(F)cc1F.N#Cc1ccc(CC2CCN(C(=O)C3CCCCC3)C2)cc1Cl. The van der Waals surface area contributed by atoms with Crippen LogP contribution < -0.4 is 0 Å². The summed E-state index contributed by atoms with van der Waals surface area (Å²) in [5.74, 6) is 0.181. The topological polar surface area (TPSA) is 44.1 Å². The maximum Gasteiger partial charge on any atom is 0.225 e. The van der Waals surface area contributed by atoms with E-state index in [2.05, 4.69) is 11.0 Å². The second-order valence-electron chi connectivity index (χ2n) is 8.99. The predicted octanol–water partition coefficient (Wildman–Crippen LogP) is 6.71. The van der Waals surface area contributed by atoms with Gasteiger partial charge < -0.3 is 4.90 Å². The summed E-state index contributed by atoms with van der Waals surface area (Å²) in [6, 6.07) is 11.4. The van der Waals surface area contributed by atoms with Crippen LogP contribution in [-0.2, 0) is 17.6 Å². The molecular weight excluding hydrogens is 442 g/mol. The number of amides is 1. The Kier molecular flexibility index (Phi) is 9.26. The molecule has 176 valence electrons. The second-order valence-corrected chi connectivity index (χ2v) is 9.40. The molecule has 2 aromatic rings. The van der Waals surface area contributed by atoms with Crippen molar-refractivity contribution < 1.29 is 13.6 Å². The lowest BCUT2D eigenvalue weighted by atomic mass is 9.88. The van der Waals surface area contributed by atoms with Crippen molar-refractivity contribution in [1.82, 2.24) is 4.90 Å². The zero-order valence-corrected chi connectivity index (χ0v) is 19.9. The van der Waals surface area contributed by atoms with Gasteiger partial charge in [-0.25, -0.2) is 8.78 Å². The van der Waals surface area contributed by atoms with E-state index in [1.54, 1.807) is 6.07 Å².